The number of amides is 2. The molecule has 46 heavy (non-hydrogen) atoms. The predicted octanol–water partition coefficient (Wildman–Crippen LogP) is 8.38. The van der Waals surface area contributed by atoms with E-state index in [-0.39, 0.29) is 34.4 Å². The van der Waals surface area contributed by atoms with Gasteiger partial charge in [-0.2, -0.15) is 0 Å². The Morgan fingerprint density at radius 3 is 1.76 bits per heavy atom. The second-order valence-electron chi connectivity index (χ2n) is 11.4. The van der Waals surface area contributed by atoms with Crippen LogP contribution in [0, 0.1) is 6.57 Å². The van der Waals surface area contributed by atoms with Gasteiger partial charge in [0.1, 0.15) is 0 Å². The van der Waals surface area contributed by atoms with E-state index in [1.54, 1.807) is 12.1 Å². The van der Waals surface area contributed by atoms with Gasteiger partial charge in [0.15, 0.2) is 5.78 Å². The van der Waals surface area contributed by atoms with Crippen LogP contribution >= 0.6 is 0 Å². The number of carbonyl (C=O) groups excluding carboxylic acids is 3. The van der Waals surface area contributed by atoms with Crippen LogP contribution in [0.25, 0.3) is 58.9 Å². The number of nitrogens with one attached hydrogen (secondary N) is 2. The number of benzene rings is 6. The summed E-state index contributed by atoms with van der Waals surface area (Å²) in [5, 5.41) is 23.0. The van der Waals surface area contributed by atoms with Crippen LogP contribution in [0.5, 0.6) is 0 Å². The van der Waals surface area contributed by atoms with Gasteiger partial charge in [-0.3, -0.25) is 20.3 Å². The van der Waals surface area contributed by atoms with Gasteiger partial charge in [0.2, 0.25) is 17.5 Å². The number of ketones is 1. The fraction of sp³-hybridized carbons (Fsp3) is 0.0769. The highest BCUT2D eigenvalue weighted by atomic mass is 16.2. The van der Waals surface area contributed by atoms with E-state index in [1.807, 2.05) is 90.8 Å². The van der Waals surface area contributed by atoms with E-state index < -0.39 is 5.92 Å². The summed E-state index contributed by atoms with van der Waals surface area (Å²) < 4.78 is 0. The molecule has 6 aromatic carbocycles. The third-order valence-electron chi connectivity index (χ3n) is 8.51. The van der Waals surface area contributed by atoms with Crippen molar-refractivity contribution in [2.75, 3.05) is 10.6 Å². The van der Waals surface area contributed by atoms with E-state index in [1.165, 1.54) is 13.8 Å². The molecule has 1 aliphatic rings. The molecule has 220 valence electrons. The van der Waals surface area contributed by atoms with Crippen LogP contribution < -0.4 is 10.6 Å². The lowest BCUT2D eigenvalue weighted by Gasteiger charge is -2.35. The molecule has 0 heterocycles. The molecule has 0 saturated heterocycles. The number of rotatable bonds is 5. The van der Waals surface area contributed by atoms with Gasteiger partial charge in [0.25, 0.3) is 0 Å². The third-order valence-corrected chi connectivity index (χ3v) is 8.51. The maximum atomic E-state index is 14.7. The Kier molecular flexibility index (Phi) is 6.78. The van der Waals surface area contributed by atoms with Crippen molar-refractivity contribution in [3.8, 4) is 0 Å². The minimum Gasteiger partial charge on any atom is -0.775 e. The molecule has 0 aliphatic heterocycles. The third kappa shape index (κ3) is 4.53. The van der Waals surface area contributed by atoms with E-state index >= 15 is 0 Å². The average Bonchev–Trinajstić information content (AvgIpc) is 3.04. The fourth-order valence-corrected chi connectivity index (χ4v) is 6.63. The molecule has 0 bridgehead atoms. The van der Waals surface area contributed by atoms with Crippen LogP contribution in [0.4, 0.5) is 11.4 Å². The Bertz CT molecular complexity index is 2480. The van der Waals surface area contributed by atoms with Crippen LogP contribution in [0.2, 0.25) is 0 Å². The molecule has 1 aliphatic carbocycles. The standard InChI is InChI=1S/C39H25N4O3/c1-21(44)42-31-14-12-27-16-23-8-4-6-10-25(23)18-29(27)34(31)37-36(33(20-40)41-3)38(39(37)46)35-30-19-26-11-7-5-9-24(26)17-28(30)13-15-32(35)43-22(2)45/h4-19,37H,1-2H3,(H,42,44)(H,43,45)/q-1. The Morgan fingerprint density at radius 2 is 1.22 bits per heavy atom. The second kappa shape index (κ2) is 11.0. The molecule has 2 N–H and O–H groups in total. The molecule has 0 spiro atoms. The fourth-order valence-electron chi connectivity index (χ4n) is 6.63. The SMILES string of the molecule is [C-]#[N+]C(=C=[N-])C1=C(c2c(NC(C)=O)ccc3cc4ccccc4cc23)C(=O)C1c1c(NC(C)=O)ccc2cc3ccccc3cc12. The zero-order valence-corrected chi connectivity index (χ0v) is 24.9. The maximum Gasteiger partial charge on any atom is 0.221 e. The summed E-state index contributed by atoms with van der Waals surface area (Å²) in [6.07, 6.45) is 0. The number of fused-ring (bicyclic) bond motifs is 4. The van der Waals surface area contributed by atoms with Crippen LogP contribution in [0.3, 0.4) is 0 Å². The Labute approximate surface area is 264 Å². The summed E-state index contributed by atoms with van der Waals surface area (Å²) in [7, 11) is 0. The Morgan fingerprint density at radius 1 is 0.717 bits per heavy atom. The van der Waals surface area contributed by atoms with Crippen LogP contribution in [0.1, 0.15) is 30.9 Å². The molecular formula is C39H25N4O3-. The smallest absolute Gasteiger partial charge is 0.221 e. The topological polar surface area (TPSA) is 102 Å². The molecule has 7 nitrogen and oxygen atoms in total. The summed E-state index contributed by atoms with van der Waals surface area (Å²) in [5.74, 6) is 0.0645. The normalized spacial score (nSPS) is 14.2. The van der Waals surface area contributed by atoms with Gasteiger partial charge in [0, 0.05) is 36.4 Å². The molecule has 2 amide bonds. The van der Waals surface area contributed by atoms with Crippen LogP contribution in [-0.4, -0.2) is 23.5 Å². The van der Waals surface area contributed by atoms with Crippen molar-refractivity contribution in [3.63, 3.8) is 0 Å². The van der Waals surface area contributed by atoms with Gasteiger partial charge in [-0.05, 0) is 90.6 Å². The first-order valence-corrected chi connectivity index (χ1v) is 14.7. The highest BCUT2D eigenvalue weighted by Gasteiger charge is 2.45. The number of carbonyl (C=O) groups is 3. The lowest BCUT2D eigenvalue weighted by molar-refractivity contribution is -0.116. The van der Waals surface area contributed by atoms with E-state index in [4.69, 9.17) is 6.57 Å². The van der Waals surface area contributed by atoms with E-state index in [0.29, 0.717) is 27.9 Å². The monoisotopic (exact) mass is 597 g/mol. The number of anilines is 2. The summed E-state index contributed by atoms with van der Waals surface area (Å²) >= 11 is 0. The van der Waals surface area contributed by atoms with Crippen molar-refractivity contribution in [1.29, 1.82) is 0 Å². The van der Waals surface area contributed by atoms with Crippen molar-refractivity contribution >= 4 is 83.5 Å². The van der Waals surface area contributed by atoms with Crippen molar-refractivity contribution in [1.82, 2.24) is 0 Å². The Hall–Kier alpha value is -6.35. The molecule has 0 fully saturated rings. The van der Waals surface area contributed by atoms with Gasteiger partial charge in [-0.15, -0.1) is 0 Å². The van der Waals surface area contributed by atoms with Gasteiger partial charge < -0.3 is 16.0 Å². The molecule has 7 heteroatoms. The number of hydrogen-bond acceptors (Lipinski definition) is 3. The number of nitrogens with zero attached hydrogens (tertiary/aromatic N) is 2. The number of hydrogen-bond donors (Lipinski definition) is 2. The van der Waals surface area contributed by atoms with E-state index in [0.717, 1.165) is 37.7 Å². The van der Waals surface area contributed by atoms with Crippen molar-refractivity contribution in [2.45, 2.75) is 19.8 Å². The summed E-state index contributed by atoms with van der Waals surface area (Å²) in [4.78, 5) is 43.0. The molecular weight excluding hydrogens is 572 g/mol. The maximum absolute atomic E-state index is 14.7. The summed E-state index contributed by atoms with van der Waals surface area (Å²) in [6, 6.07) is 30.9. The minimum atomic E-state index is -1.01. The molecule has 0 radical (unpaired) electrons. The van der Waals surface area contributed by atoms with Crippen molar-refractivity contribution < 1.29 is 14.4 Å². The molecule has 0 saturated carbocycles. The van der Waals surface area contributed by atoms with Crippen molar-refractivity contribution in [3.05, 3.63) is 136 Å². The van der Waals surface area contributed by atoms with Gasteiger partial charge in [-0.25, -0.2) is 4.85 Å². The highest BCUT2D eigenvalue weighted by Crippen LogP contribution is 2.54. The summed E-state index contributed by atoms with van der Waals surface area (Å²) in [5.41, 5.74) is 2.05. The van der Waals surface area contributed by atoms with Crippen LogP contribution in [0.15, 0.2) is 108 Å². The minimum absolute atomic E-state index is 0.203. The zero-order chi connectivity index (χ0) is 32.1. The zero-order valence-electron chi connectivity index (χ0n) is 24.9. The van der Waals surface area contributed by atoms with Gasteiger partial charge >= 0.3 is 0 Å². The van der Waals surface area contributed by atoms with Gasteiger partial charge in [0.05, 0.1) is 12.5 Å². The second-order valence-corrected chi connectivity index (χ2v) is 11.4. The molecule has 1 unspecified atom stereocenters. The largest absolute Gasteiger partial charge is 0.775 e. The highest BCUT2D eigenvalue weighted by molar-refractivity contribution is 6.38. The lowest BCUT2D eigenvalue weighted by Crippen LogP contribution is -2.31. The van der Waals surface area contributed by atoms with Gasteiger partial charge in [-0.1, -0.05) is 60.7 Å². The molecule has 0 aromatic heterocycles. The average molecular weight is 598 g/mol. The number of Topliss-reactive ketones (excluding diaryl/α,β-unsaturated/α-hetero) is 1. The first-order chi connectivity index (χ1) is 22.3. The van der Waals surface area contributed by atoms with Crippen molar-refractivity contribution in [2.24, 2.45) is 0 Å². The first-order valence-electron chi connectivity index (χ1n) is 14.7. The molecule has 1 atom stereocenters. The van der Waals surface area contributed by atoms with E-state index in [9.17, 15) is 19.8 Å². The lowest BCUT2D eigenvalue weighted by atomic mass is 9.66. The molecule has 6 aromatic rings. The number of allylic oxidation sites excluding steroid dienone is 2. The Balaban J connectivity index is 1.59. The van der Waals surface area contributed by atoms with E-state index in [2.05, 4.69) is 15.5 Å². The van der Waals surface area contributed by atoms with Crippen LogP contribution in [-0.2, 0) is 14.4 Å². The predicted molar refractivity (Wildman–Crippen MR) is 185 cm³/mol. The first kappa shape index (κ1) is 28.4. The molecule has 7 rings (SSSR count). The summed E-state index contributed by atoms with van der Waals surface area (Å²) in [6.45, 7) is 10.7. The quantitative estimate of drug-likeness (QED) is 0.119.